The van der Waals surface area contributed by atoms with Gasteiger partial charge in [0.15, 0.2) is 0 Å². The summed E-state index contributed by atoms with van der Waals surface area (Å²) in [5, 5.41) is 4.26. The van der Waals surface area contributed by atoms with Gasteiger partial charge >= 0.3 is 0 Å². The number of carbonyl (C=O) groups is 1. The second kappa shape index (κ2) is 9.46. The number of rotatable bonds is 5. The average Bonchev–Trinajstić information content (AvgIpc) is 3.19. The first-order valence-electron chi connectivity index (χ1n) is 12.0. The van der Waals surface area contributed by atoms with Crippen LogP contribution in [0.2, 0.25) is 0 Å². The number of fused-ring (bicyclic) bond motifs is 1. The van der Waals surface area contributed by atoms with Gasteiger partial charge in [0.25, 0.3) is 0 Å². The number of ether oxygens (including phenoxy) is 1. The number of allylic oxidation sites excluding steroid dienone is 1. The molecule has 1 aliphatic rings. The minimum atomic E-state index is -0.0344. The third kappa shape index (κ3) is 4.57. The van der Waals surface area contributed by atoms with Crippen LogP contribution < -0.4 is 10.1 Å². The summed E-state index contributed by atoms with van der Waals surface area (Å²) < 4.78 is 11.8. The fraction of sp³-hybridized carbons (Fsp3) is 0.414. The zero-order chi connectivity index (χ0) is 23.7. The van der Waals surface area contributed by atoms with Crippen molar-refractivity contribution in [3.05, 3.63) is 58.9 Å². The van der Waals surface area contributed by atoms with Gasteiger partial charge in [0.05, 0.1) is 13.4 Å². The summed E-state index contributed by atoms with van der Waals surface area (Å²) in [5.41, 5.74) is 8.21. The second-order valence-corrected chi connectivity index (χ2v) is 9.63. The second-order valence-electron chi connectivity index (χ2n) is 9.63. The molecule has 33 heavy (non-hydrogen) atoms. The summed E-state index contributed by atoms with van der Waals surface area (Å²) in [7, 11) is 1.67. The van der Waals surface area contributed by atoms with E-state index in [1.165, 1.54) is 30.4 Å². The Morgan fingerprint density at radius 2 is 1.88 bits per heavy atom. The highest BCUT2D eigenvalue weighted by molar-refractivity contribution is 6.02. The largest absolute Gasteiger partial charge is 0.496 e. The summed E-state index contributed by atoms with van der Waals surface area (Å²) in [4.78, 5) is 12.9. The number of hydrogen-bond acceptors (Lipinski definition) is 3. The number of methoxy groups -OCH3 is 1. The van der Waals surface area contributed by atoms with E-state index < -0.39 is 0 Å². The van der Waals surface area contributed by atoms with Crippen molar-refractivity contribution in [2.75, 3.05) is 7.11 Å². The normalized spacial score (nSPS) is 19.0. The zero-order valence-electron chi connectivity index (χ0n) is 20.7. The van der Waals surface area contributed by atoms with Crippen molar-refractivity contribution in [2.45, 2.75) is 66.3 Å². The number of nitrogens with one attached hydrogen (secondary N) is 1. The molecular weight excluding hydrogens is 410 g/mol. The molecule has 0 bridgehead atoms. The molecule has 2 aromatic carbocycles. The Bertz CT molecular complexity index is 1220. The molecule has 3 aromatic rings. The fourth-order valence-corrected chi connectivity index (χ4v) is 5.23. The van der Waals surface area contributed by atoms with E-state index in [0.717, 1.165) is 51.0 Å². The Hall–Kier alpha value is -3.01. The maximum atomic E-state index is 12.9. The Morgan fingerprint density at radius 1 is 1.12 bits per heavy atom. The van der Waals surface area contributed by atoms with Crippen LogP contribution in [0.25, 0.3) is 27.7 Å². The third-order valence-corrected chi connectivity index (χ3v) is 7.13. The van der Waals surface area contributed by atoms with E-state index in [2.05, 4.69) is 50.4 Å². The summed E-state index contributed by atoms with van der Waals surface area (Å²) in [5.74, 6) is 1.24. The molecule has 1 aromatic heterocycles. The molecule has 174 valence electrons. The number of carbonyl (C=O) groups excluding carboxylic acids is 1. The molecule has 1 amide bonds. The maximum absolute atomic E-state index is 12.9. The zero-order valence-corrected chi connectivity index (χ0v) is 20.7. The molecule has 0 aliphatic heterocycles. The molecule has 1 fully saturated rings. The first kappa shape index (κ1) is 23.2. The SMILES string of the molecule is COc1c(/C(C)=C/C(=O)NC2CCCCC2C)cc2c(-c3ccc(C)cc3C)coc2c1C. The lowest BCUT2D eigenvalue weighted by atomic mass is 9.86. The van der Waals surface area contributed by atoms with Gasteiger partial charge in [-0.2, -0.15) is 0 Å². The molecule has 1 saturated carbocycles. The van der Waals surface area contributed by atoms with Gasteiger partial charge < -0.3 is 14.5 Å². The van der Waals surface area contributed by atoms with Crippen LogP contribution in [-0.2, 0) is 4.79 Å². The molecule has 4 nitrogen and oxygen atoms in total. The quantitative estimate of drug-likeness (QED) is 0.425. The molecule has 2 unspecified atom stereocenters. The number of hydrogen-bond donors (Lipinski definition) is 1. The van der Waals surface area contributed by atoms with Crippen LogP contribution in [0.3, 0.4) is 0 Å². The van der Waals surface area contributed by atoms with Crippen LogP contribution in [0.5, 0.6) is 5.75 Å². The fourth-order valence-electron chi connectivity index (χ4n) is 5.23. The minimum Gasteiger partial charge on any atom is -0.496 e. The first-order chi connectivity index (χ1) is 15.8. The van der Waals surface area contributed by atoms with Gasteiger partial charge in [-0.1, -0.05) is 43.5 Å². The van der Waals surface area contributed by atoms with Gasteiger partial charge in [-0.3, -0.25) is 4.79 Å². The molecule has 1 N–H and O–H groups in total. The Morgan fingerprint density at radius 3 is 2.58 bits per heavy atom. The van der Waals surface area contributed by atoms with E-state index in [9.17, 15) is 4.79 Å². The Kier molecular flexibility index (Phi) is 6.64. The summed E-state index contributed by atoms with van der Waals surface area (Å²) in [6, 6.07) is 8.82. The van der Waals surface area contributed by atoms with Crippen molar-refractivity contribution in [3.8, 4) is 16.9 Å². The van der Waals surface area contributed by atoms with E-state index >= 15 is 0 Å². The lowest BCUT2D eigenvalue weighted by molar-refractivity contribution is -0.117. The summed E-state index contributed by atoms with van der Waals surface area (Å²) in [6.07, 6.45) is 8.22. The van der Waals surface area contributed by atoms with Crippen LogP contribution in [0, 0.1) is 26.7 Å². The van der Waals surface area contributed by atoms with E-state index in [-0.39, 0.29) is 11.9 Å². The van der Waals surface area contributed by atoms with Crippen molar-refractivity contribution in [3.63, 3.8) is 0 Å². The standard InChI is InChI=1S/C29H35NO3/c1-17-11-12-22(19(3)13-17)25-16-33-29-21(5)28(32-6)23(15-24(25)29)20(4)14-27(31)30-26-10-8-7-9-18(26)2/h11-16,18,26H,7-10H2,1-6H3,(H,30,31)/b20-14+. The van der Waals surface area contributed by atoms with Gasteiger partial charge in [-0.25, -0.2) is 0 Å². The van der Waals surface area contributed by atoms with E-state index in [4.69, 9.17) is 9.15 Å². The highest BCUT2D eigenvalue weighted by Crippen LogP contribution is 2.41. The van der Waals surface area contributed by atoms with Gasteiger partial charge in [-0.05, 0) is 69.2 Å². The number of furan rings is 1. The first-order valence-corrected chi connectivity index (χ1v) is 12.0. The molecule has 0 saturated heterocycles. The average molecular weight is 446 g/mol. The number of benzene rings is 2. The van der Waals surface area contributed by atoms with Gasteiger partial charge in [-0.15, -0.1) is 0 Å². The highest BCUT2D eigenvalue weighted by atomic mass is 16.5. The molecular formula is C29H35NO3. The van der Waals surface area contributed by atoms with Crippen LogP contribution in [-0.4, -0.2) is 19.1 Å². The predicted molar refractivity (Wildman–Crippen MR) is 136 cm³/mol. The van der Waals surface area contributed by atoms with Gasteiger partial charge in [0.2, 0.25) is 5.91 Å². The van der Waals surface area contributed by atoms with Crippen molar-refractivity contribution >= 4 is 22.4 Å². The molecule has 2 atom stereocenters. The van der Waals surface area contributed by atoms with E-state index in [1.807, 2.05) is 20.1 Å². The third-order valence-electron chi connectivity index (χ3n) is 7.13. The van der Waals surface area contributed by atoms with Crippen molar-refractivity contribution < 1.29 is 13.9 Å². The minimum absolute atomic E-state index is 0.0344. The summed E-state index contributed by atoms with van der Waals surface area (Å²) >= 11 is 0. The van der Waals surface area contributed by atoms with E-state index in [0.29, 0.717) is 5.92 Å². The molecule has 0 radical (unpaired) electrons. The number of aryl methyl sites for hydroxylation is 3. The summed E-state index contributed by atoms with van der Waals surface area (Å²) in [6.45, 7) is 10.4. The van der Waals surface area contributed by atoms with Crippen LogP contribution >= 0.6 is 0 Å². The van der Waals surface area contributed by atoms with Crippen LogP contribution in [0.1, 0.15) is 61.8 Å². The van der Waals surface area contributed by atoms with Crippen molar-refractivity contribution in [2.24, 2.45) is 5.92 Å². The van der Waals surface area contributed by atoms with Gasteiger partial charge in [0.1, 0.15) is 11.3 Å². The maximum Gasteiger partial charge on any atom is 0.244 e. The smallest absolute Gasteiger partial charge is 0.244 e. The molecule has 1 heterocycles. The Labute approximate surface area is 197 Å². The van der Waals surface area contributed by atoms with Crippen LogP contribution in [0.15, 0.2) is 41.0 Å². The highest BCUT2D eigenvalue weighted by Gasteiger charge is 2.23. The molecule has 1 aliphatic carbocycles. The van der Waals surface area contributed by atoms with E-state index in [1.54, 1.807) is 13.2 Å². The predicted octanol–water partition coefficient (Wildman–Crippen LogP) is 7.13. The Balaban J connectivity index is 1.74. The lowest BCUT2D eigenvalue weighted by Gasteiger charge is -2.29. The molecule has 4 heteroatoms. The van der Waals surface area contributed by atoms with Crippen LogP contribution in [0.4, 0.5) is 0 Å². The monoisotopic (exact) mass is 445 g/mol. The van der Waals surface area contributed by atoms with Gasteiger partial charge in [0, 0.05) is 34.2 Å². The topological polar surface area (TPSA) is 51.5 Å². The lowest BCUT2D eigenvalue weighted by Crippen LogP contribution is -2.40. The number of amides is 1. The van der Waals surface area contributed by atoms with Crippen molar-refractivity contribution in [1.29, 1.82) is 0 Å². The molecule has 4 rings (SSSR count). The van der Waals surface area contributed by atoms with Crippen molar-refractivity contribution in [1.82, 2.24) is 5.32 Å². The molecule has 0 spiro atoms.